The van der Waals surface area contributed by atoms with Crippen molar-refractivity contribution in [2.45, 2.75) is 45.2 Å². The number of ether oxygens (including phenoxy) is 1. The lowest BCUT2D eigenvalue weighted by molar-refractivity contribution is 0.182. The second-order valence-corrected chi connectivity index (χ2v) is 5.19. The predicted octanol–water partition coefficient (Wildman–Crippen LogP) is 0.939. The van der Waals surface area contributed by atoms with Gasteiger partial charge in [-0.05, 0) is 13.8 Å². The first-order chi connectivity index (χ1) is 7.30. The molecule has 5 nitrogen and oxygen atoms in total. The molecule has 0 aromatic carbocycles. The van der Waals surface area contributed by atoms with E-state index in [1.165, 1.54) is 0 Å². The topological polar surface area (TPSA) is 66.0 Å². The number of hydrogen-bond acceptors (Lipinski definition) is 4. The Balaban J connectivity index is 2.99. The minimum Gasteiger partial charge on any atom is -0.383 e. The van der Waals surface area contributed by atoms with E-state index in [9.17, 15) is 0 Å². The number of nitrogens with two attached hydrogens (primary N) is 1. The van der Waals surface area contributed by atoms with Gasteiger partial charge in [0.15, 0.2) is 0 Å². The lowest BCUT2D eigenvalue weighted by atomic mass is 9.74. The van der Waals surface area contributed by atoms with Crippen LogP contribution in [-0.4, -0.2) is 34.0 Å². The summed E-state index contributed by atoms with van der Waals surface area (Å²) < 4.78 is 7.06. The molecule has 0 aliphatic heterocycles. The van der Waals surface area contributed by atoms with Crippen molar-refractivity contribution in [3.63, 3.8) is 0 Å². The first kappa shape index (κ1) is 13.1. The van der Waals surface area contributed by atoms with Gasteiger partial charge in [-0.15, -0.1) is 10.2 Å². The van der Waals surface area contributed by atoms with Crippen molar-refractivity contribution in [3.05, 3.63) is 12.2 Å². The van der Waals surface area contributed by atoms with Gasteiger partial charge >= 0.3 is 0 Å². The largest absolute Gasteiger partial charge is 0.383 e. The third kappa shape index (κ3) is 2.41. The Morgan fingerprint density at radius 2 is 2.00 bits per heavy atom. The van der Waals surface area contributed by atoms with Gasteiger partial charge in [0.25, 0.3) is 0 Å². The molecule has 0 aliphatic carbocycles. The summed E-state index contributed by atoms with van der Waals surface area (Å²) in [6.45, 7) is 9.57. The van der Waals surface area contributed by atoms with Gasteiger partial charge in [0.05, 0.1) is 6.61 Å². The van der Waals surface area contributed by atoms with Gasteiger partial charge in [-0.1, -0.05) is 13.8 Å². The molecule has 1 aromatic heterocycles. The van der Waals surface area contributed by atoms with Crippen molar-refractivity contribution in [1.82, 2.24) is 14.8 Å². The highest BCUT2D eigenvalue weighted by molar-refractivity contribution is 5.13. The fourth-order valence-electron chi connectivity index (χ4n) is 1.38. The third-order valence-electron chi connectivity index (χ3n) is 3.32. The van der Waals surface area contributed by atoms with E-state index in [1.54, 1.807) is 13.4 Å². The maximum Gasteiger partial charge on any atom is 0.140 e. The van der Waals surface area contributed by atoms with E-state index in [4.69, 9.17) is 10.5 Å². The van der Waals surface area contributed by atoms with E-state index in [2.05, 4.69) is 24.0 Å². The number of hydrogen-bond donors (Lipinski definition) is 1. The first-order valence-electron chi connectivity index (χ1n) is 5.47. The SMILES string of the molecule is COCCn1cnnc1C(C)(C)C(C)(C)N. The normalized spacial score (nSPS) is 13.1. The Kier molecular flexibility index (Phi) is 3.70. The van der Waals surface area contributed by atoms with Crippen molar-refractivity contribution in [2.75, 3.05) is 13.7 Å². The van der Waals surface area contributed by atoms with Crippen molar-refractivity contribution < 1.29 is 4.74 Å². The van der Waals surface area contributed by atoms with E-state index >= 15 is 0 Å². The molecule has 0 fully saturated rings. The quantitative estimate of drug-likeness (QED) is 0.811. The van der Waals surface area contributed by atoms with Crippen LogP contribution < -0.4 is 5.73 Å². The van der Waals surface area contributed by atoms with Crippen LogP contribution in [0.25, 0.3) is 0 Å². The minimum atomic E-state index is -0.356. The molecule has 0 saturated carbocycles. The molecule has 1 heterocycles. The summed E-state index contributed by atoms with van der Waals surface area (Å²) in [5.74, 6) is 0.900. The first-order valence-corrected chi connectivity index (χ1v) is 5.47. The summed E-state index contributed by atoms with van der Waals surface area (Å²) in [6, 6.07) is 0. The minimum absolute atomic E-state index is 0.239. The molecule has 92 valence electrons. The van der Waals surface area contributed by atoms with Gasteiger partial charge in [-0.3, -0.25) is 0 Å². The molecule has 0 aliphatic rings. The monoisotopic (exact) mass is 226 g/mol. The summed E-state index contributed by atoms with van der Waals surface area (Å²) in [7, 11) is 1.68. The molecule has 2 N–H and O–H groups in total. The number of nitrogens with zero attached hydrogens (tertiary/aromatic N) is 3. The molecule has 0 atom stereocenters. The van der Waals surface area contributed by atoms with Crippen LogP contribution in [0.2, 0.25) is 0 Å². The number of rotatable bonds is 5. The molecule has 0 unspecified atom stereocenters. The Morgan fingerprint density at radius 3 is 2.50 bits per heavy atom. The maximum atomic E-state index is 6.19. The smallest absolute Gasteiger partial charge is 0.140 e. The van der Waals surface area contributed by atoms with Gasteiger partial charge in [-0.2, -0.15) is 0 Å². The average Bonchev–Trinajstić information content (AvgIpc) is 2.61. The van der Waals surface area contributed by atoms with Crippen molar-refractivity contribution in [2.24, 2.45) is 5.73 Å². The molecule has 1 aromatic rings. The molecule has 1 rings (SSSR count). The Bertz CT molecular complexity index is 338. The molecular formula is C11H22N4O. The summed E-state index contributed by atoms with van der Waals surface area (Å²) in [5, 5.41) is 8.14. The van der Waals surface area contributed by atoms with Crippen molar-refractivity contribution in [1.29, 1.82) is 0 Å². The summed E-state index contributed by atoms with van der Waals surface area (Å²) in [4.78, 5) is 0. The van der Waals surface area contributed by atoms with Crippen molar-refractivity contribution >= 4 is 0 Å². The molecular weight excluding hydrogens is 204 g/mol. The lowest BCUT2D eigenvalue weighted by Gasteiger charge is -2.37. The third-order valence-corrected chi connectivity index (χ3v) is 3.32. The molecule has 0 saturated heterocycles. The maximum absolute atomic E-state index is 6.19. The van der Waals surface area contributed by atoms with Crippen LogP contribution in [0, 0.1) is 0 Å². The number of methoxy groups -OCH3 is 1. The van der Waals surface area contributed by atoms with Crippen LogP contribution in [0.5, 0.6) is 0 Å². The van der Waals surface area contributed by atoms with E-state index < -0.39 is 0 Å². The highest BCUT2D eigenvalue weighted by atomic mass is 16.5. The van der Waals surface area contributed by atoms with Gasteiger partial charge in [0.1, 0.15) is 12.2 Å². The standard InChI is InChI=1S/C11H22N4O/c1-10(2,11(3,4)12)9-14-13-8-15(9)6-7-16-5/h8H,6-7,12H2,1-5H3. The molecule has 0 bridgehead atoms. The molecule has 16 heavy (non-hydrogen) atoms. The van der Waals surface area contributed by atoms with Crippen LogP contribution in [-0.2, 0) is 16.7 Å². The summed E-state index contributed by atoms with van der Waals surface area (Å²) in [5.41, 5.74) is 5.59. The molecule has 5 heteroatoms. The summed E-state index contributed by atoms with van der Waals surface area (Å²) >= 11 is 0. The lowest BCUT2D eigenvalue weighted by Crippen LogP contribution is -2.51. The molecule has 0 amide bonds. The number of aromatic nitrogens is 3. The van der Waals surface area contributed by atoms with Gasteiger partial charge in [-0.25, -0.2) is 0 Å². The fraction of sp³-hybridized carbons (Fsp3) is 0.818. The second kappa shape index (κ2) is 4.51. The van der Waals surface area contributed by atoms with Crippen LogP contribution >= 0.6 is 0 Å². The van der Waals surface area contributed by atoms with Crippen LogP contribution in [0.1, 0.15) is 33.5 Å². The van der Waals surface area contributed by atoms with Crippen LogP contribution in [0.3, 0.4) is 0 Å². The fourth-order valence-corrected chi connectivity index (χ4v) is 1.38. The average molecular weight is 226 g/mol. The van der Waals surface area contributed by atoms with E-state index in [0.717, 1.165) is 12.4 Å². The zero-order chi connectivity index (χ0) is 12.4. The Morgan fingerprint density at radius 1 is 1.38 bits per heavy atom. The molecule has 0 spiro atoms. The van der Waals surface area contributed by atoms with E-state index in [-0.39, 0.29) is 11.0 Å². The predicted molar refractivity (Wildman–Crippen MR) is 63.2 cm³/mol. The van der Waals surface area contributed by atoms with Crippen LogP contribution in [0.4, 0.5) is 0 Å². The second-order valence-electron chi connectivity index (χ2n) is 5.19. The van der Waals surface area contributed by atoms with Gasteiger partial charge in [0.2, 0.25) is 0 Å². The zero-order valence-corrected chi connectivity index (χ0v) is 10.8. The van der Waals surface area contributed by atoms with E-state index in [1.807, 2.05) is 18.4 Å². The summed E-state index contributed by atoms with van der Waals surface area (Å²) in [6.07, 6.45) is 1.72. The Labute approximate surface area is 97.0 Å². The van der Waals surface area contributed by atoms with Gasteiger partial charge < -0.3 is 15.0 Å². The Hall–Kier alpha value is -0.940. The highest BCUT2D eigenvalue weighted by Crippen LogP contribution is 2.31. The van der Waals surface area contributed by atoms with Crippen molar-refractivity contribution in [3.8, 4) is 0 Å². The van der Waals surface area contributed by atoms with E-state index in [0.29, 0.717) is 6.61 Å². The molecule has 0 radical (unpaired) electrons. The van der Waals surface area contributed by atoms with Crippen LogP contribution in [0.15, 0.2) is 6.33 Å². The van der Waals surface area contributed by atoms with Gasteiger partial charge in [0, 0.05) is 24.6 Å². The zero-order valence-electron chi connectivity index (χ0n) is 10.8. The highest BCUT2D eigenvalue weighted by Gasteiger charge is 2.39.